The molecular weight excluding hydrogens is 214 g/mol. The van der Waals surface area contributed by atoms with Crippen molar-refractivity contribution in [3.05, 3.63) is 0 Å². The highest BCUT2D eigenvalue weighted by Gasteiger charge is 2.30. The lowest BCUT2D eigenvalue weighted by molar-refractivity contribution is 0.435. The first-order valence-electron chi connectivity index (χ1n) is 5.43. The maximum atomic E-state index is 11.8. The number of nitrogens with two attached hydrogens (primary N) is 1. The number of hydrogen-bond donors (Lipinski definition) is 2. The van der Waals surface area contributed by atoms with Gasteiger partial charge in [0, 0.05) is 19.1 Å². The average Bonchev–Trinajstić information content (AvgIpc) is 2.51. The molecule has 1 heterocycles. The van der Waals surface area contributed by atoms with Crippen LogP contribution >= 0.6 is 0 Å². The molecule has 0 saturated carbocycles. The van der Waals surface area contributed by atoms with Gasteiger partial charge in [0.05, 0.1) is 0 Å². The quantitative estimate of drug-likeness (QED) is 0.698. The molecule has 1 atom stereocenters. The van der Waals surface area contributed by atoms with Gasteiger partial charge in [-0.25, -0.2) is 0 Å². The Kier molecular flexibility index (Phi) is 4.51. The van der Waals surface area contributed by atoms with Gasteiger partial charge in [-0.1, -0.05) is 0 Å². The van der Waals surface area contributed by atoms with Gasteiger partial charge in [0.25, 0.3) is 10.2 Å². The van der Waals surface area contributed by atoms with Crippen molar-refractivity contribution in [3.8, 4) is 0 Å². The standard InChI is InChI=1S/C9H21N3O2S/c1-8(2)11-15(13,14)12-6-4-9(7-12)3-5-10/h8-9,11H,3-7,10H2,1-2H3. The van der Waals surface area contributed by atoms with E-state index in [-0.39, 0.29) is 6.04 Å². The molecule has 1 fully saturated rings. The molecule has 0 aromatic heterocycles. The summed E-state index contributed by atoms with van der Waals surface area (Å²) in [6.07, 6.45) is 1.84. The molecule has 0 spiro atoms. The van der Waals surface area contributed by atoms with Gasteiger partial charge in [0.15, 0.2) is 0 Å². The van der Waals surface area contributed by atoms with Crippen LogP contribution in [0.5, 0.6) is 0 Å². The molecule has 3 N–H and O–H groups in total. The lowest BCUT2D eigenvalue weighted by atomic mass is 10.1. The second-order valence-corrected chi connectivity index (χ2v) is 6.07. The largest absolute Gasteiger partial charge is 0.330 e. The molecule has 0 aliphatic carbocycles. The van der Waals surface area contributed by atoms with Gasteiger partial charge in [-0.3, -0.25) is 0 Å². The van der Waals surface area contributed by atoms with Crippen LogP contribution in [0.3, 0.4) is 0 Å². The van der Waals surface area contributed by atoms with Crippen LogP contribution in [0.2, 0.25) is 0 Å². The lowest BCUT2D eigenvalue weighted by Gasteiger charge is -2.18. The molecule has 1 rings (SSSR count). The molecule has 1 aliphatic rings. The maximum absolute atomic E-state index is 11.8. The summed E-state index contributed by atoms with van der Waals surface area (Å²) >= 11 is 0. The fourth-order valence-corrected chi connectivity index (χ4v) is 3.36. The Bertz CT molecular complexity index is 290. The summed E-state index contributed by atoms with van der Waals surface area (Å²) in [5.41, 5.74) is 5.46. The third-order valence-electron chi connectivity index (χ3n) is 2.55. The zero-order valence-electron chi connectivity index (χ0n) is 9.44. The van der Waals surface area contributed by atoms with E-state index in [9.17, 15) is 8.42 Å². The minimum Gasteiger partial charge on any atom is -0.330 e. The highest BCUT2D eigenvalue weighted by atomic mass is 32.2. The van der Waals surface area contributed by atoms with Gasteiger partial charge >= 0.3 is 0 Å². The minimum atomic E-state index is -3.27. The summed E-state index contributed by atoms with van der Waals surface area (Å²) in [7, 11) is -3.27. The van der Waals surface area contributed by atoms with Gasteiger partial charge in [0.1, 0.15) is 0 Å². The van der Waals surface area contributed by atoms with Crippen molar-refractivity contribution in [1.82, 2.24) is 9.03 Å². The lowest BCUT2D eigenvalue weighted by Crippen LogP contribution is -2.42. The molecule has 0 bridgehead atoms. The maximum Gasteiger partial charge on any atom is 0.279 e. The summed E-state index contributed by atoms with van der Waals surface area (Å²) < 4.78 is 27.7. The van der Waals surface area contributed by atoms with E-state index in [1.165, 1.54) is 4.31 Å². The van der Waals surface area contributed by atoms with E-state index in [4.69, 9.17) is 5.73 Å². The Morgan fingerprint density at radius 2 is 2.20 bits per heavy atom. The fourth-order valence-electron chi connectivity index (χ4n) is 1.86. The SMILES string of the molecule is CC(C)NS(=O)(=O)N1CCC(CCN)C1. The fraction of sp³-hybridized carbons (Fsp3) is 1.00. The van der Waals surface area contributed by atoms with E-state index in [0.29, 0.717) is 25.6 Å². The van der Waals surface area contributed by atoms with Crippen molar-refractivity contribution < 1.29 is 8.42 Å². The van der Waals surface area contributed by atoms with Gasteiger partial charge in [-0.05, 0) is 39.2 Å². The first-order chi connectivity index (χ1) is 6.95. The summed E-state index contributed by atoms with van der Waals surface area (Å²) in [6, 6.07) is -0.0523. The van der Waals surface area contributed by atoms with Gasteiger partial charge in [-0.2, -0.15) is 17.4 Å². The molecule has 5 nitrogen and oxygen atoms in total. The molecule has 0 amide bonds. The topological polar surface area (TPSA) is 75.4 Å². The van der Waals surface area contributed by atoms with Crippen molar-refractivity contribution in [2.24, 2.45) is 11.7 Å². The van der Waals surface area contributed by atoms with E-state index in [1.54, 1.807) is 0 Å². The van der Waals surface area contributed by atoms with Crippen LogP contribution in [-0.4, -0.2) is 38.4 Å². The predicted molar refractivity (Wildman–Crippen MR) is 60.5 cm³/mol. The van der Waals surface area contributed by atoms with Crippen molar-refractivity contribution in [3.63, 3.8) is 0 Å². The molecule has 0 aromatic carbocycles. The molecule has 0 radical (unpaired) electrons. The van der Waals surface area contributed by atoms with Crippen molar-refractivity contribution >= 4 is 10.2 Å². The zero-order valence-corrected chi connectivity index (χ0v) is 10.3. The predicted octanol–water partition coefficient (Wildman–Crippen LogP) is -0.100. The number of nitrogens with zero attached hydrogens (tertiary/aromatic N) is 1. The van der Waals surface area contributed by atoms with E-state index >= 15 is 0 Å². The van der Waals surface area contributed by atoms with E-state index < -0.39 is 10.2 Å². The van der Waals surface area contributed by atoms with E-state index in [0.717, 1.165) is 12.8 Å². The Hall–Kier alpha value is -0.170. The summed E-state index contributed by atoms with van der Waals surface area (Å²) in [4.78, 5) is 0. The minimum absolute atomic E-state index is 0.0523. The van der Waals surface area contributed by atoms with Gasteiger partial charge in [0.2, 0.25) is 0 Å². The van der Waals surface area contributed by atoms with E-state index in [1.807, 2.05) is 13.8 Å². The molecule has 90 valence electrons. The molecule has 15 heavy (non-hydrogen) atoms. The summed E-state index contributed by atoms with van der Waals surface area (Å²) in [5.74, 6) is 0.429. The average molecular weight is 235 g/mol. The van der Waals surface area contributed by atoms with Crippen molar-refractivity contribution in [2.45, 2.75) is 32.7 Å². The number of nitrogens with one attached hydrogen (secondary N) is 1. The van der Waals surface area contributed by atoms with Crippen LogP contribution in [0, 0.1) is 5.92 Å². The molecule has 0 aromatic rings. The zero-order chi connectivity index (χ0) is 11.5. The highest BCUT2D eigenvalue weighted by molar-refractivity contribution is 7.87. The second-order valence-electron chi connectivity index (χ2n) is 4.37. The molecular formula is C9H21N3O2S. The smallest absolute Gasteiger partial charge is 0.279 e. The molecule has 1 aliphatic heterocycles. The highest BCUT2D eigenvalue weighted by Crippen LogP contribution is 2.20. The van der Waals surface area contributed by atoms with Crippen molar-refractivity contribution in [2.75, 3.05) is 19.6 Å². The molecule has 1 saturated heterocycles. The van der Waals surface area contributed by atoms with Gasteiger partial charge < -0.3 is 5.73 Å². The van der Waals surface area contributed by atoms with Crippen molar-refractivity contribution in [1.29, 1.82) is 0 Å². The third-order valence-corrected chi connectivity index (χ3v) is 4.33. The van der Waals surface area contributed by atoms with Crippen LogP contribution in [-0.2, 0) is 10.2 Å². The third kappa shape index (κ3) is 3.71. The van der Waals surface area contributed by atoms with E-state index in [2.05, 4.69) is 4.72 Å². The number of hydrogen-bond acceptors (Lipinski definition) is 3. The summed E-state index contributed by atoms with van der Waals surface area (Å²) in [5, 5.41) is 0. The van der Waals surface area contributed by atoms with Crippen LogP contribution in [0.1, 0.15) is 26.7 Å². The second kappa shape index (κ2) is 5.25. The van der Waals surface area contributed by atoms with Gasteiger partial charge in [-0.15, -0.1) is 0 Å². The molecule has 6 heteroatoms. The van der Waals surface area contributed by atoms with Crippen LogP contribution in [0.25, 0.3) is 0 Å². The van der Waals surface area contributed by atoms with Crippen LogP contribution < -0.4 is 10.5 Å². The Morgan fingerprint density at radius 3 is 2.73 bits per heavy atom. The Labute approximate surface area is 92.2 Å². The van der Waals surface area contributed by atoms with Crippen LogP contribution in [0.15, 0.2) is 0 Å². The first-order valence-corrected chi connectivity index (χ1v) is 6.87. The first kappa shape index (κ1) is 12.9. The van der Waals surface area contributed by atoms with Crippen LogP contribution in [0.4, 0.5) is 0 Å². The number of rotatable bonds is 5. The Balaban J connectivity index is 2.52. The summed E-state index contributed by atoms with van der Waals surface area (Å²) in [6.45, 7) is 5.51. The Morgan fingerprint density at radius 1 is 1.53 bits per heavy atom. The molecule has 1 unspecified atom stereocenters. The monoisotopic (exact) mass is 235 g/mol. The normalized spacial score (nSPS) is 23.9.